The van der Waals surface area contributed by atoms with Gasteiger partial charge in [-0.15, -0.1) is 11.3 Å². The van der Waals surface area contributed by atoms with Gasteiger partial charge in [0.05, 0.1) is 22.0 Å². The summed E-state index contributed by atoms with van der Waals surface area (Å²) in [7, 11) is 2.15. The molecule has 0 radical (unpaired) electrons. The van der Waals surface area contributed by atoms with Gasteiger partial charge in [0.15, 0.2) is 0 Å². The van der Waals surface area contributed by atoms with Gasteiger partial charge in [-0.2, -0.15) is 0 Å². The zero-order valence-corrected chi connectivity index (χ0v) is 24.2. The van der Waals surface area contributed by atoms with Crippen molar-refractivity contribution in [1.29, 1.82) is 0 Å². The van der Waals surface area contributed by atoms with Crippen LogP contribution in [0, 0.1) is 6.92 Å². The van der Waals surface area contributed by atoms with Crippen LogP contribution in [0.5, 0.6) is 0 Å². The highest BCUT2D eigenvalue weighted by atomic mass is 32.1. The van der Waals surface area contributed by atoms with Gasteiger partial charge >= 0.3 is 0 Å². The standard InChI is InChI=1S/C33H29N7OS/c1-21-9-12-28(42-21)32(41)35-25-7-5-6-23(18-25)30-31(40-16-4-3-8-29(40)38-30)27-13-15-34-33(37-27)36-26-11-10-22-14-17-39(2)20-24(22)19-26/h3-13,15-16,18-19H,14,17,20H2,1-2H3,(H,35,41)(H,34,36,37). The summed E-state index contributed by atoms with van der Waals surface area (Å²) < 4.78 is 2.04. The molecule has 4 aromatic heterocycles. The van der Waals surface area contributed by atoms with Crippen LogP contribution in [0.2, 0.25) is 0 Å². The number of carbonyl (C=O) groups excluding carboxylic acids is 1. The summed E-state index contributed by atoms with van der Waals surface area (Å²) in [4.78, 5) is 31.4. The van der Waals surface area contributed by atoms with E-state index in [2.05, 4.69) is 45.8 Å². The van der Waals surface area contributed by atoms with Gasteiger partial charge in [-0.05, 0) is 86.1 Å². The van der Waals surface area contributed by atoms with Crippen LogP contribution >= 0.6 is 11.3 Å². The maximum Gasteiger partial charge on any atom is 0.265 e. The third-order valence-corrected chi connectivity index (χ3v) is 8.45. The van der Waals surface area contributed by atoms with Gasteiger partial charge in [-0.3, -0.25) is 9.20 Å². The van der Waals surface area contributed by atoms with E-state index in [-0.39, 0.29) is 5.91 Å². The third kappa shape index (κ3) is 5.15. The molecule has 1 amide bonds. The smallest absolute Gasteiger partial charge is 0.265 e. The zero-order valence-electron chi connectivity index (χ0n) is 23.3. The fourth-order valence-electron chi connectivity index (χ4n) is 5.39. The Morgan fingerprint density at radius 3 is 2.74 bits per heavy atom. The van der Waals surface area contributed by atoms with Gasteiger partial charge in [0, 0.05) is 47.3 Å². The van der Waals surface area contributed by atoms with Crippen molar-refractivity contribution < 1.29 is 4.79 Å². The molecule has 42 heavy (non-hydrogen) atoms. The van der Waals surface area contributed by atoms with Crippen LogP contribution in [0.15, 0.2) is 91.3 Å². The summed E-state index contributed by atoms with van der Waals surface area (Å²) in [5, 5.41) is 6.44. The number of rotatable bonds is 6. The summed E-state index contributed by atoms with van der Waals surface area (Å²) >= 11 is 1.48. The Morgan fingerprint density at radius 1 is 0.929 bits per heavy atom. The number of hydrogen-bond donors (Lipinski definition) is 2. The molecular formula is C33H29N7OS. The molecule has 0 aliphatic carbocycles. The first kappa shape index (κ1) is 26.1. The molecule has 0 saturated carbocycles. The molecule has 7 rings (SSSR count). The van der Waals surface area contributed by atoms with Crippen LogP contribution in [0.3, 0.4) is 0 Å². The fraction of sp³-hybridized carbons (Fsp3) is 0.152. The first-order valence-electron chi connectivity index (χ1n) is 13.9. The molecule has 1 aliphatic rings. The van der Waals surface area contributed by atoms with E-state index >= 15 is 0 Å². The molecule has 6 aromatic rings. The van der Waals surface area contributed by atoms with Crippen LogP contribution in [0.4, 0.5) is 17.3 Å². The van der Waals surface area contributed by atoms with E-state index in [1.807, 2.05) is 78.2 Å². The monoisotopic (exact) mass is 571 g/mol. The van der Waals surface area contributed by atoms with E-state index in [1.54, 1.807) is 6.20 Å². The first-order chi connectivity index (χ1) is 20.5. The van der Waals surface area contributed by atoms with E-state index in [4.69, 9.17) is 9.97 Å². The molecule has 0 saturated heterocycles. The molecule has 5 heterocycles. The molecule has 0 unspecified atom stereocenters. The lowest BCUT2D eigenvalue weighted by Gasteiger charge is -2.25. The summed E-state index contributed by atoms with van der Waals surface area (Å²) in [6, 6.07) is 25.9. The Morgan fingerprint density at radius 2 is 1.86 bits per heavy atom. The number of amides is 1. The zero-order chi connectivity index (χ0) is 28.6. The number of hydrogen-bond acceptors (Lipinski definition) is 7. The molecule has 0 spiro atoms. The van der Waals surface area contributed by atoms with Crippen LogP contribution in [0.1, 0.15) is 25.7 Å². The van der Waals surface area contributed by atoms with E-state index in [9.17, 15) is 4.79 Å². The topological polar surface area (TPSA) is 87.5 Å². The minimum absolute atomic E-state index is 0.124. The fourth-order valence-corrected chi connectivity index (χ4v) is 6.15. The Hall–Kier alpha value is -4.86. The van der Waals surface area contributed by atoms with Crippen molar-refractivity contribution in [2.24, 2.45) is 0 Å². The predicted octanol–water partition coefficient (Wildman–Crippen LogP) is 6.81. The van der Waals surface area contributed by atoms with Gasteiger partial charge in [-0.1, -0.05) is 24.3 Å². The average Bonchev–Trinajstić information content (AvgIpc) is 3.61. The molecule has 0 fully saturated rings. The van der Waals surface area contributed by atoms with Gasteiger partial charge in [0.2, 0.25) is 5.95 Å². The van der Waals surface area contributed by atoms with Crippen LogP contribution in [0.25, 0.3) is 28.3 Å². The Bertz CT molecular complexity index is 1940. The van der Waals surface area contributed by atoms with Crippen molar-refractivity contribution >= 4 is 40.2 Å². The number of nitrogens with zero attached hydrogens (tertiary/aromatic N) is 5. The number of anilines is 3. The molecular weight excluding hydrogens is 542 g/mol. The SMILES string of the molecule is Cc1ccc(C(=O)Nc2cccc(-c3nc4ccccn4c3-c3ccnc(Nc4ccc5c(c4)CN(C)CC5)n3)c2)s1. The van der Waals surface area contributed by atoms with E-state index in [1.165, 1.54) is 22.5 Å². The molecule has 0 atom stereocenters. The minimum atomic E-state index is -0.124. The maximum absolute atomic E-state index is 12.8. The molecule has 208 valence electrons. The number of benzene rings is 2. The quantitative estimate of drug-likeness (QED) is 0.228. The summed E-state index contributed by atoms with van der Waals surface area (Å²) in [6.45, 7) is 4.01. The van der Waals surface area contributed by atoms with Gasteiger partial charge in [0.1, 0.15) is 5.65 Å². The predicted molar refractivity (Wildman–Crippen MR) is 168 cm³/mol. The Labute approximate surface area is 247 Å². The minimum Gasteiger partial charge on any atom is -0.324 e. The van der Waals surface area contributed by atoms with Gasteiger partial charge in [-0.25, -0.2) is 15.0 Å². The van der Waals surface area contributed by atoms with E-state index in [0.717, 1.165) is 58.4 Å². The average molecular weight is 572 g/mol. The number of carbonyl (C=O) groups is 1. The molecule has 1 aliphatic heterocycles. The molecule has 8 nitrogen and oxygen atoms in total. The summed E-state index contributed by atoms with van der Waals surface area (Å²) in [6.07, 6.45) is 4.82. The highest BCUT2D eigenvalue weighted by molar-refractivity contribution is 7.14. The highest BCUT2D eigenvalue weighted by Crippen LogP contribution is 2.34. The van der Waals surface area contributed by atoms with Gasteiger partial charge in [0.25, 0.3) is 5.91 Å². The van der Waals surface area contributed by atoms with Crippen molar-refractivity contribution in [3.63, 3.8) is 0 Å². The Balaban J connectivity index is 1.23. The second-order valence-corrected chi connectivity index (χ2v) is 11.8. The normalized spacial score (nSPS) is 13.2. The number of fused-ring (bicyclic) bond motifs is 2. The largest absolute Gasteiger partial charge is 0.324 e. The van der Waals surface area contributed by atoms with E-state index in [0.29, 0.717) is 16.5 Å². The number of imidazole rings is 1. The highest BCUT2D eigenvalue weighted by Gasteiger charge is 2.19. The Kier molecular flexibility index (Phi) is 6.73. The maximum atomic E-state index is 12.8. The second kappa shape index (κ2) is 10.8. The van der Waals surface area contributed by atoms with E-state index < -0.39 is 0 Å². The number of nitrogens with one attached hydrogen (secondary N) is 2. The molecule has 0 bridgehead atoms. The summed E-state index contributed by atoms with van der Waals surface area (Å²) in [5.41, 5.74) is 8.42. The second-order valence-electron chi connectivity index (χ2n) is 10.5. The van der Waals surface area contributed by atoms with Gasteiger partial charge < -0.3 is 15.5 Å². The van der Waals surface area contributed by atoms with Crippen molar-refractivity contribution in [3.8, 4) is 22.6 Å². The lowest BCUT2D eigenvalue weighted by molar-refractivity contribution is 0.103. The molecule has 2 N–H and O–H groups in total. The third-order valence-electron chi connectivity index (χ3n) is 7.45. The molecule has 2 aromatic carbocycles. The molecule has 9 heteroatoms. The van der Waals surface area contributed by atoms with Crippen LogP contribution in [-0.4, -0.2) is 43.8 Å². The number of thiophene rings is 1. The van der Waals surface area contributed by atoms with Crippen molar-refractivity contribution in [3.05, 3.63) is 112 Å². The van der Waals surface area contributed by atoms with Crippen LogP contribution in [-0.2, 0) is 13.0 Å². The number of pyridine rings is 1. The first-order valence-corrected chi connectivity index (χ1v) is 14.7. The van der Waals surface area contributed by atoms with Crippen molar-refractivity contribution in [2.45, 2.75) is 19.9 Å². The van der Waals surface area contributed by atoms with Crippen molar-refractivity contribution in [2.75, 3.05) is 24.2 Å². The summed E-state index contributed by atoms with van der Waals surface area (Å²) in [5.74, 6) is 0.390. The number of aromatic nitrogens is 4. The van der Waals surface area contributed by atoms with Crippen molar-refractivity contribution in [1.82, 2.24) is 24.3 Å². The number of likely N-dealkylation sites (N-methyl/N-ethyl adjacent to an activating group) is 1. The van der Waals surface area contributed by atoms with Crippen LogP contribution < -0.4 is 10.6 Å². The number of aryl methyl sites for hydroxylation is 1. The lowest BCUT2D eigenvalue weighted by Crippen LogP contribution is -2.26. The lowest BCUT2D eigenvalue weighted by atomic mass is 9.99.